The van der Waals surface area contributed by atoms with E-state index in [0.29, 0.717) is 18.5 Å². The van der Waals surface area contributed by atoms with Crippen LogP contribution in [0, 0.1) is 0 Å². The molecule has 0 saturated heterocycles. The van der Waals surface area contributed by atoms with Gasteiger partial charge in [-0.3, -0.25) is 0 Å². The monoisotopic (exact) mass is 288 g/mol. The average molecular weight is 288 g/mol. The van der Waals surface area contributed by atoms with Crippen molar-refractivity contribution in [2.45, 2.75) is 12.5 Å². The Morgan fingerprint density at radius 2 is 1.53 bits per heavy atom. The van der Waals surface area contributed by atoms with Gasteiger partial charge in [0.1, 0.15) is 0 Å². The van der Waals surface area contributed by atoms with Crippen LogP contribution in [0.25, 0.3) is 0 Å². The Labute approximate surface area is 113 Å². The second kappa shape index (κ2) is 7.18. The van der Waals surface area contributed by atoms with Crippen LogP contribution in [-0.4, -0.2) is 51.6 Å². The molecular weight excluding hydrogens is 268 g/mol. The first-order valence-electron chi connectivity index (χ1n) is 5.71. The molecule has 1 aromatic rings. The minimum Gasteiger partial charge on any atom is -0.377 e. The predicted octanol–water partition coefficient (Wildman–Crippen LogP) is -0.284. The van der Waals surface area contributed by atoms with Crippen LogP contribution in [0.1, 0.15) is 6.42 Å². The number of hydrogen-bond donors (Lipinski definition) is 3. The molecule has 5 N–H and O–H groups in total. The van der Waals surface area contributed by atoms with Crippen molar-refractivity contribution in [3.8, 4) is 0 Å². The van der Waals surface area contributed by atoms with Gasteiger partial charge in [0.2, 0.25) is 17.8 Å². The molecule has 0 aliphatic rings. The molecule has 0 atom stereocenters. The first kappa shape index (κ1) is 15.6. The van der Waals surface area contributed by atoms with Gasteiger partial charge >= 0.3 is 8.80 Å². The van der Waals surface area contributed by atoms with Gasteiger partial charge in [-0.1, -0.05) is 0 Å². The van der Waals surface area contributed by atoms with Crippen molar-refractivity contribution in [2.24, 2.45) is 0 Å². The fourth-order valence-corrected chi connectivity index (χ4v) is 3.27. The molecule has 1 aromatic heterocycles. The van der Waals surface area contributed by atoms with Crippen molar-refractivity contribution in [3.63, 3.8) is 0 Å². The first-order valence-corrected chi connectivity index (χ1v) is 7.65. The van der Waals surface area contributed by atoms with Crippen molar-refractivity contribution in [1.29, 1.82) is 0 Å². The highest BCUT2D eigenvalue weighted by Gasteiger charge is 2.36. The summed E-state index contributed by atoms with van der Waals surface area (Å²) in [5, 5.41) is 3.00. The summed E-state index contributed by atoms with van der Waals surface area (Å²) in [6, 6.07) is 0.680. The third-order valence-corrected chi connectivity index (χ3v) is 5.38. The van der Waals surface area contributed by atoms with Crippen LogP contribution in [0.15, 0.2) is 0 Å². The Morgan fingerprint density at radius 3 is 2.00 bits per heavy atom. The van der Waals surface area contributed by atoms with E-state index >= 15 is 0 Å². The molecule has 0 aliphatic heterocycles. The van der Waals surface area contributed by atoms with Gasteiger partial charge in [-0.2, -0.15) is 15.0 Å². The van der Waals surface area contributed by atoms with Crippen LogP contribution in [-0.2, 0) is 13.3 Å². The highest BCUT2D eigenvalue weighted by atomic mass is 28.4. The lowest BCUT2D eigenvalue weighted by Crippen LogP contribution is -2.42. The molecule has 19 heavy (non-hydrogen) atoms. The lowest BCUT2D eigenvalue weighted by Gasteiger charge is -2.24. The quantitative estimate of drug-likeness (QED) is 0.436. The fourth-order valence-electron chi connectivity index (χ4n) is 1.55. The molecule has 0 saturated carbocycles. The summed E-state index contributed by atoms with van der Waals surface area (Å²) >= 11 is 0. The van der Waals surface area contributed by atoms with Crippen molar-refractivity contribution in [3.05, 3.63) is 0 Å². The second-order valence-corrected chi connectivity index (χ2v) is 6.79. The summed E-state index contributed by atoms with van der Waals surface area (Å²) in [5.74, 6) is 0.526. The Kier molecular flexibility index (Phi) is 5.88. The van der Waals surface area contributed by atoms with E-state index in [0.717, 1.165) is 6.42 Å². The van der Waals surface area contributed by atoms with Crippen molar-refractivity contribution < 1.29 is 13.3 Å². The molecular formula is C9H20N6O3Si. The third-order valence-electron chi connectivity index (χ3n) is 2.55. The summed E-state index contributed by atoms with van der Waals surface area (Å²) in [4.78, 5) is 11.5. The van der Waals surface area contributed by atoms with Gasteiger partial charge < -0.3 is 30.1 Å². The molecule has 0 spiro atoms. The van der Waals surface area contributed by atoms with E-state index in [1.807, 2.05) is 0 Å². The summed E-state index contributed by atoms with van der Waals surface area (Å²) in [6.07, 6.45) is 0.771. The number of nitrogens with two attached hydrogens (primary N) is 2. The van der Waals surface area contributed by atoms with E-state index in [4.69, 9.17) is 24.7 Å². The number of nitrogen functional groups attached to an aromatic ring is 2. The summed E-state index contributed by atoms with van der Waals surface area (Å²) < 4.78 is 15.9. The van der Waals surface area contributed by atoms with E-state index in [-0.39, 0.29) is 11.9 Å². The lowest BCUT2D eigenvalue weighted by molar-refractivity contribution is 0.123. The van der Waals surface area contributed by atoms with E-state index in [9.17, 15) is 0 Å². The number of nitrogens with zero attached hydrogens (tertiary/aromatic N) is 3. The molecule has 9 nitrogen and oxygen atoms in total. The topological polar surface area (TPSA) is 130 Å². The number of hydrogen-bond acceptors (Lipinski definition) is 9. The largest absolute Gasteiger partial charge is 0.500 e. The number of anilines is 3. The maximum atomic E-state index is 5.46. The van der Waals surface area contributed by atoms with E-state index < -0.39 is 8.80 Å². The SMILES string of the molecule is CO[Si](CCCNc1nc(N)nc(N)n1)(OC)OC. The van der Waals surface area contributed by atoms with E-state index in [1.165, 1.54) is 0 Å². The molecule has 10 heteroatoms. The number of rotatable bonds is 8. The van der Waals surface area contributed by atoms with Crippen LogP contribution < -0.4 is 16.8 Å². The molecule has 0 unspecified atom stereocenters. The zero-order valence-electron chi connectivity index (χ0n) is 11.3. The van der Waals surface area contributed by atoms with Crippen LogP contribution >= 0.6 is 0 Å². The van der Waals surface area contributed by atoms with Gasteiger partial charge in [-0.05, 0) is 6.42 Å². The van der Waals surface area contributed by atoms with Crippen molar-refractivity contribution in [1.82, 2.24) is 15.0 Å². The average Bonchev–Trinajstić information content (AvgIpc) is 2.39. The first-order chi connectivity index (χ1) is 9.05. The highest BCUT2D eigenvalue weighted by Crippen LogP contribution is 2.15. The molecule has 0 aromatic carbocycles. The molecule has 1 heterocycles. The molecule has 0 fully saturated rings. The van der Waals surface area contributed by atoms with Crippen LogP contribution in [0.2, 0.25) is 6.04 Å². The maximum absolute atomic E-state index is 5.46. The normalized spacial score (nSPS) is 11.5. The minimum absolute atomic E-state index is 0.0874. The number of aromatic nitrogens is 3. The summed E-state index contributed by atoms with van der Waals surface area (Å²) in [6.45, 7) is 0.619. The van der Waals surface area contributed by atoms with E-state index in [2.05, 4.69) is 20.3 Å². The van der Waals surface area contributed by atoms with Gasteiger partial charge in [-0.15, -0.1) is 0 Å². The molecule has 1 rings (SSSR count). The molecule has 0 aliphatic carbocycles. The molecule has 0 amide bonds. The third kappa shape index (κ3) is 4.59. The lowest BCUT2D eigenvalue weighted by atomic mass is 10.5. The predicted molar refractivity (Wildman–Crippen MR) is 73.3 cm³/mol. The maximum Gasteiger partial charge on any atom is 0.500 e. The zero-order valence-corrected chi connectivity index (χ0v) is 12.3. The van der Waals surface area contributed by atoms with Gasteiger partial charge in [-0.25, -0.2) is 0 Å². The smallest absolute Gasteiger partial charge is 0.377 e. The summed E-state index contributed by atoms with van der Waals surface area (Å²) in [7, 11) is 2.23. The van der Waals surface area contributed by atoms with Crippen LogP contribution in [0.5, 0.6) is 0 Å². The molecule has 0 bridgehead atoms. The Bertz CT molecular complexity index is 375. The van der Waals surface area contributed by atoms with Gasteiger partial charge in [0.25, 0.3) is 0 Å². The van der Waals surface area contributed by atoms with Crippen molar-refractivity contribution in [2.75, 3.05) is 44.7 Å². The number of nitrogens with one attached hydrogen (secondary N) is 1. The fraction of sp³-hybridized carbons (Fsp3) is 0.667. The second-order valence-electron chi connectivity index (χ2n) is 3.70. The minimum atomic E-state index is -2.52. The Morgan fingerprint density at radius 1 is 1.00 bits per heavy atom. The van der Waals surface area contributed by atoms with Crippen LogP contribution in [0.3, 0.4) is 0 Å². The van der Waals surface area contributed by atoms with Crippen LogP contribution in [0.4, 0.5) is 17.8 Å². The Hall–Kier alpha value is -1.49. The zero-order chi connectivity index (χ0) is 14.3. The highest BCUT2D eigenvalue weighted by molar-refractivity contribution is 6.60. The standard InChI is InChI=1S/C9H20N6O3Si/c1-16-19(17-2,18-3)6-4-5-12-9-14-7(10)13-8(11)15-9/h4-6H2,1-3H3,(H5,10,11,12,13,14,15). The van der Waals surface area contributed by atoms with Crippen molar-refractivity contribution >= 4 is 26.6 Å². The summed E-state index contributed by atoms with van der Waals surface area (Å²) in [5.41, 5.74) is 10.9. The molecule has 108 valence electrons. The van der Waals surface area contributed by atoms with Gasteiger partial charge in [0, 0.05) is 33.9 Å². The molecule has 0 radical (unpaired) electrons. The van der Waals surface area contributed by atoms with Gasteiger partial charge in [0.15, 0.2) is 0 Å². The van der Waals surface area contributed by atoms with Gasteiger partial charge in [0.05, 0.1) is 0 Å². The Balaban J connectivity index is 2.42. The van der Waals surface area contributed by atoms with E-state index in [1.54, 1.807) is 21.3 Å².